The fourth-order valence-corrected chi connectivity index (χ4v) is 6.02. The summed E-state index contributed by atoms with van der Waals surface area (Å²) in [5, 5.41) is 8.87. The topological polar surface area (TPSA) is 155 Å². The van der Waals surface area contributed by atoms with Gasteiger partial charge in [-0.25, -0.2) is 4.57 Å². The number of unbranched alkanes of at least 4 members (excludes halogenated alkanes) is 16. The van der Waals surface area contributed by atoms with Crippen LogP contribution in [0.15, 0.2) is 48.6 Å². The van der Waals surface area contributed by atoms with Crippen molar-refractivity contribution in [3.8, 4) is 0 Å². The van der Waals surface area contributed by atoms with Crippen LogP contribution in [0.25, 0.3) is 0 Å². The Labute approximate surface area is 316 Å². The Kier molecular flexibility index (Phi) is 35.8. The van der Waals surface area contributed by atoms with Gasteiger partial charge in [-0.15, -0.1) is 0 Å². The van der Waals surface area contributed by atoms with E-state index in [9.17, 15) is 19.0 Å². The Morgan fingerprint density at radius 3 is 1.63 bits per heavy atom. The SMILES string of the molecule is CC/C=C\C/C=C\C/C=C\C/C=C\CCCCC(=O)OC(COCCCCCCCCCCCCCCCCC)COP(=O)(O)OCC(N)C(=O)O. The second-order valence-electron chi connectivity index (χ2n) is 13.4. The molecule has 0 aromatic rings. The van der Waals surface area contributed by atoms with Crippen molar-refractivity contribution in [2.75, 3.05) is 26.4 Å². The van der Waals surface area contributed by atoms with Gasteiger partial charge in [-0.05, 0) is 51.4 Å². The first-order chi connectivity index (χ1) is 25.2. The summed E-state index contributed by atoms with van der Waals surface area (Å²) < 4.78 is 33.2. The van der Waals surface area contributed by atoms with Gasteiger partial charge >= 0.3 is 19.8 Å². The summed E-state index contributed by atoms with van der Waals surface area (Å²) in [5.41, 5.74) is 5.34. The van der Waals surface area contributed by atoms with E-state index in [0.717, 1.165) is 57.8 Å². The number of hydrogen-bond acceptors (Lipinski definition) is 8. The Morgan fingerprint density at radius 1 is 0.635 bits per heavy atom. The molecule has 11 heteroatoms. The monoisotopic (exact) mass is 756 g/mol. The van der Waals surface area contributed by atoms with Crippen molar-refractivity contribution in [1.82, 2.24) is 0 Å². The maximum Gasteiger partial charge on any atom is 0.472 e. The molecule has 10 nitrogen and oxygen atoms in total. The Hall–Kier alpha value is -2.07. The van der Waals surface area contributed by atoms with E-state index in [2.05, 4.69) is 62.5 Å². The highest BCUT2D eigenvalue weighted by atomic mass is 31.2. The predicted molar refractivity (Wildman–Crippen MR) is 212 cm³/mol. The molecule has 0 spiro atoms. The number of carbonyl (C=O) groups excluding carboxylic acids is 1. The van der Waals surface area contributed by atoms with E-state index in [0.29, 0.717) is 13.0 Å². The molecule has 0 fully saturated rings. The van der Waals surface area contributed by atoms with Gasteiger partial charge in [-0.3, -0.25) is 18.6 Å². The molecule has 52 heavy (non-hydrogen) atoms. The number of hydrogen-bond donors (Lipinski definition) is 3. The number of carboxylic acids is 1. The van der Waals surface area contributed by atoms with Crippen LogP contribution in [0.5, 0.6) is 0 Å². The first-order valence-corrected chi connectivity index (χ1v) is 21.7. The van der Waals surface area contributed by atoms with Gasteiger partial charge in [-0.1, -0.05) is 152 Å². The standard InChI is InChI=1S/C41H74NO9P/c1-3-5-7-9-11-13-15-17-19-21-23-25-27-29-31-33-40(43)51-38(36-49-52(46,47)50-37-39(42)41(44)45)35-48-34-32-30-28-26-24-22-20-18-16-14-12-10-8-6-4-2/h5,7,11,13,17,19,23,25,38-39H,3-4,6,8-10,12,14-16,18,20-22,24,26-37,42H2,1-2H3,(H,44,45)(H,46,47)/b7-5-,13-11-,19-17-,25-23-. The molecule has 4 N–H and O–H groups in total. The number of carboxylic acid groups (broad SMARTS) is 1. The van der Waals surface area contributed by atoms with Gasteiger partial charge in [0.2, 0.25) is 0 Å². The van der Waals surface area contributed by atoms with Gasteiger partial charge in [0.05, 0.1) is 19.8 Å². The van der Waals surface area contributed by atoms with Crippen molar-refractivity contribution in [3.63, 3.8) is 0 Å². The fourth-order valence-electron chi connectivity index (χ4n) is 5.24. The van der Waals surface area contributed by atoms with Crippen LogP contribution in [0.2, 0.25) is 0 Å². The molecule has 0 aliphatic heterocycles. The smallest absolute Gasteiger partial charge is 0.472 e. The molecule has 0 saturated carbocycles. The minimum absolute atomic E-state index is 0.000929. The minimum Gasteiger partial charge on any atom is -0.480 e. The lowest BCUT2D eigenvalue weighted by atomic mass is 10.0. The summed E-state index contributed by atoms with van der Waals surface area (Å²) >= 11 is 0. The molecule has 3 atom stereocenters. The minimum atomic E-state index is -4.62. The van der Waals surface area contributed by atoms with Gasteiger partial charge in [0.15, 0.2) is 0 Å². The summed E-state index contributed by atoms with van der Waals surface area (Å²) in [6.07, 6.45) is 41.7. The summed E-state index contributed by atoms with van der Waals surface area (Å²) in [5.74, 6) is -1.82. The molecule has 0 amide bonds. The molecule has 0 aliphatic rings. The molecule has 0 heterocycles. The zero-order valence-electron chi connectivity index (χ0n) is 32.6. The quantitative estimate of drug-likeness (QED) is 0.0240. The number of ether oxygens (including phenoxy) is 2. The van der Waals surface area contributed by atoms with E-state index in [1.165, 1.54) is 77.0 Å². The number of nitrogens with two attached hydrogens (primary N) is 1. The average molecular weight is 756 g/mol. The predicted octanol–water partition coefficient (Wildman–Crippen LogP) is 10.7. The molecular weight excluding hydrogens is 681 g/mol. The van der Waals surface area contributed by atoms with Crippen molar-refractivity contribution in [2.45, 2.75) is 174 Å². The maximum absolute atomic E-state index is 12.6. The summed E-state index contributed by atoms with van der Waals surface area (Å²) in [6.45, 7) is 3.71. The van der Waals surface area contributed by atoms with Crippen molar-refractivity contribution >= 4 is 19.8 Å². The summed E-state index contributed by atoms with van der Waals surface area (Å²) in [6, 6.07) is -1.48. The molecule has 0 radical (unpaired) electrons. The van der Waals surface area contributed by atoms with Gasteiger partial charge in [0.1, 0.15) is 12.1 Å². The van der Waals surface area contributed by atoms with Crippen LogP contribution in [0.1, 0.15) is 162 Å². The molecule has 302 valence electrons. The number of aliphatic carboxylic acids is 1. The molecule has 0 saturated heterocycles. The van der Waals surface area contributed by atoms with E-state index < -0.39 is 45.1 Å². The summed E-state index contributed by atoms with van der Waals surface area (Å²) in [7, 11) is -4.62. The van der Waals surface area contributed by atoms with Crippen molar-refractivity contribution in [2.24, 2.45) is 5.73 Å². The average Bonchev–Trinajstić information content (AvgIpc) is 3.12. The van der Waals surface area contributed by atoms with E-state index in [-0.39, 0.29) is 13.0 Å². The third kappa shape index (κ3) is 36.3. The summed E-state index contributed by atoms with van der Waals surface area (Å²) in [4.78, 5) is 33.4. The Morgan fingerprint density at radius 2 is 1.12 bits per heavy atom. The number of phosphoric acid groups is 1. The zero-order valence-corrected chi connectivity index (χ0v) is 33.5. The lowest BCUT2D eigenvalue weighted by Crippen LogP contribution is -2.34. The molecular formula is C41H74NO9P. The van der Waals surface area contributed by atoms with E-state index >= 15 is 0 Å². The van der Waals surface area contributed by atoms with Gasteiger partial charge in [-0.2, -0.15) is 0 Å². The number of esters is 1. The molecule has 0 aromatic carbocycles. The highest BCUT2D eigenvalue weighted by Crippen LogP contribution is 2.43. The van der Waals surface area contributed by atoms with Crippen molar-refractivity contribution in [1.29, 1.82) is 0 Å². The number of phosphoric ester groups is 1. The van der Waals surface area contributed by atoms with Crippen LogP contribution >= 0.6 is 7.82 Å². The van der Waals surface area contributed by atoms with Crippen molar-refractivity contribution in [3.05, 3.63) is 48.6 Å². The number of carbonyl (C=O) groups is 2. The second-order valence-corrected chi connectivity index (χ2v) is 14.8. The molecule has 0 rings (SSSR count). The molecule has 0 aromatic heterocycles. The lowest BCUT2D eigenvalue weighted by molar-refractivity contribution is -0.154. The Bertz CT molecular complexity index is 1010. The van der Waals surface area contributed by atoms with Crippen LogP contribution in [-0.4, -0.2) is 60.5 Å². The lowest BCUT2D eigenvalue weighted by Gasteiger charge is -2.20. The van der Waals surface area contributed by atoms with Gasteiger partial charge in [0, 0.05) is 13.0 Å². The normalized spacial score (nSPS) is 14.5. The first kappa shape index (κ1) is 49.9. The van der Waals surface area contributed by atoms with E-state index in [1.54, 1.807) is 0 Å². The third-order valence-corrected chi connectivity index (χ3v) is 9.32. The van der Waals surface area contributed by atoms with Crippen LogP contribution in [0, 0.1) is 0 Å². The van der Waals surface area contributed by atoms with Gasteiger partial charge < -0.3 is 25.2 Å². The fraction of sp³-hybridized carbons (Fsp3) is 0.756. The van der Waals surface area contributed by atoms with E-state index in [4.69, 9.17) is 29.4 Å². The second kappa shape index (κ2) is 37.3. The Balaban J connectivity index is 4.35. The van der Waals surface area contributed by atoms with Gasteiger partial charge in [0.25, 0.3) is 0 Å². The number of allylic oxidation sites excluding steroid dienone is 8. The maximum atomic E-state index is 12.6. The van der Waals surface area contributed by atoms with Crippen LogP contribution in [0.4, 0.5) is 0 Å². The van der Waals surface area contributed by atoms with Crippen LogP contribution in [-0.2, 0) is 32.7 Å². The highest BCUT2D eigenvalue weighted by Gasteiger charge is 2.27. The molecule has 0 bridgehead atoms. The van der Waals surface area contributed by atoms with E-state index in [1.807, 2.05) is 0 Å². The molecule has 0 aliphatic carbocycles. The first-order valence-electron chi connectivity index (χ1n) is 20.2. The molecule has 3 unspecified atom stereocenters. The van der Waals surface area contributed by atoms with Crippen molar-refractivity contribution < 1.29 is 42.7 Å². The zero-order chi connectivity index (χ0) is 38.4. The highest BCUT2D eigenvalue weighted by molar-refractivity contribution is 7.47. The third-order valence-electron chi connectivity index (χ3n) is 8.37. The van der Waals surface area contributed by atoms with Crippen LogP contribution in [0.3, 0.4) is 0 Å². The van der Waals surface area contributed by atoms with Crippen LogP contribution < -0.4 is 5.73 Å². The number of rotatable bonds is 38. The largest absolute Gasteiger partial charge is 0.480 e.